The molecular weight excluding hydrogens is 320 g/mol. The van der Waals surface area contributed by atoms with Gasteiger partial charge in [-0.15, -0.1) is 12.4 Å². The molecule has 0 atom stereocenters. The largest absolute Gasteiger partial charge is 0.383 e. The Morgan fingerprint density at radius 2 is 2.04 bits per heavy atom. The van der Waals surface area contributed by atoms with Gasteiger partial charge in [-0.25, -0.2) is 0 Å². The first-order chi connectivity index (χ1) is 10.7. The first-order valence-electron chi connectivity index (χ1n) is 7.13. The number of rotatable bonds is 8. The number of carbonyl (C=O) groups excluding carboxylic acids is 1. The van der Waals surface area contributed by atoms with E-state index in [0.717, 1.165) is 6.54 Å². The molecule has 0 spiro atoms. The summed E-state index contributed by atoms with van der Waals surface area (Å²) in [7, 11) is 1.64. The summed E-state index contributed by atoms with van der Waals surface area (Å²) >= 11 is 0. The van der Waals surface area contributed by atoms with E-state index >= 15 is 0 Å². The van der Waals surface area contributed by atoms with Crippen LogP contribution in [0.2, 0.25) is 0 Å². The van der Waals surface area contributed by atoms with E-state index in [-0.39, 0.29) is 30.3 Å². The molecule has 1 amide bonds. The van der Waals surface area contributed by atoms with Crippen LogP contribution >= 0.6 is 12.4 Å². The van der Waals surface area contributed by atoms with E-state index in [1.807, 2.05) is 6.07 Å². The average Bonchev–Trinajstić information content (AvgIpc) is 2.54. The first kappa shape index (κ1) is 19.1. The third-order valence-corrected chi connectivity index (χ3v) is 3.16. The molecule has 0 saturated carbocycles. The van der Waals surface area contributed by atoms with Crippen molar-refractivity contribution in [1.82, 2.24) is 20.4 Å². The molecule has 23 heavy (non-hydrogen) atoms. The maximum atomic E-state index is 11.9. The summed E-state index contributed by atoms with van der Waals surface area (Å²) in [5.74, 6) is -0.144. The van der Waals surface area contributed by atoms with Crippen LogP contribution in [-0.2, 0) is 16.1 Å². The number of nitrogens with zero attached hydrogens (tertiary/aromatic N) is 2. The molecule has 0 bridgehead atoms. The molecule has 0 aliphatic carbocycles. The summed E-state index contributed by atoms with van der Waals surface area (Å²) in [4.78, 5) is 23.6. The lowest BCUT2D eigenvalue weighted by atomic mass is 10.2. The monoisotopic (exact) mass is 340 g/mol. The van der Waals surface area contributed by atoms with Gasteiger partial charge in [0.05, 0.1) is 18.3 Å². The maximum absolute atomic E-state index is 11.9. The van der Waals surface area contributed by atoms with Crippen molar-refractivity contribution in [3.05, 3.63) is 40.7 Å². The summed E-state index contributed by atoms with van der Waals surface area (Å²) in [5, 5.41) is 10.5. The molecule has 2 aromatic rings. The van der Waals surface area contributed by atoms with Crippen LogP contribution in [0.5, 0.6) is 0 Å². The highest BCUT2D eigenvalue weighted by Crippen LogP contribution is 2.07. The number of amides is 1. The second-order valence-electron chi connectivity index (χ2n) is 4.78. The average molecular weight is 341 g/mol. The van der Waals surface area contributed by atoms with Gasteiger partial charge in [0.2, 0.25) is 11.3 Å². The lowest BCUT2D eigenvalue weighted by Crippen LogP contribution is -2.35. The number of hydrogen-bond donors (Lipinski definition) is 2. The lowest BCUT2D eigenvalue weighted by Gasteiger charge is -2.10. The van der Waals surface area contributed by atoms with Gasteiger partial charge in [-0.3, -0.25) is 14.3 Å². The predicted molar refractivity (Wildman–Crippen MR) is 91.0 cm³/mol. The molecule has 1 heterocycles. The molecule has 0 radical (unpaired) electrons. The Kier molecular flexibility index (Phi) is 8.25. The van der Waals surface area contributed by atoms with Gasteiger partial charge in [0, 0.05) is 32.1 Å². The minimum Gasteiger partial charge on any atom is -0.383 e. The Bertz CT molecular complexity index is 690. The van der Waals surface area contributed by atoms with E-state index in [9.17, 15) is 9.59 Å². The van der Waals surface area contributed by atoms with Crippen LogP contribution in [0.15, 0.2) is 35.3 Å². The Hall–Kier alpha value is -1.96. The SMILES string of the molecule is COCCNCCNC(=O)Cn1ncc(=O)c2ccccc21.Cl. The summed E-state index contributed by atoms with van der Waals surface area (Å²) < 4.78 is 6.44. The van der Waals surface area contributed by atoms with Crippen molar-refractivity contribution in [2.45, 2.75) is 6.54 Å². The molecule has 126 valence electrons. The number of benzene rings is 1. The molecule has 2 N–H and O–H groups in total. The van der Waals surface area contributed by atoms with Gasteiger partial charge in [-0.05, 0) is 12.1 Å². The lowest BCUT2D eigenvalue weighted by molar-refractivity contribution is -0.121. The van der Waals surface area contributed by atoms with Gasteiger partial charge in [0.25, 0.3) is 0 Å². The van der Waals surface area contributed by atoms with Crippen molar-refractivity contribution in [2.24, 2.45) is 0 Å². The summed E-state index contributed by atoms with van der Waals surface area (Å²) in [6.45, 7) is 2.67. The summed E-state index contributed by atoms with van der Waals surface area (Å²) in [6.07, 6.45) is 1.24. The van der Waals surface area contributed by atoms with Crippen molar-refractivity contribution >= 4 is 29.2 Å². The minimum absolute atomic E-state index is 0. The number of fused-ring (bicyclic) bond motifs is 1. The number of aromatic nitrogens is 2. The van der Waals surface area contributed by atoms with Crippen LogP contribution in [0.3, 0.4) is 0 Å². The zero-order valence-electron chi connectivity index (χ0n) is 12.9. The van der Waals surface area contributed by atoms with E-state index in [4.69, 9.17) is 4.74 Å². The third kappa shape index (κ3) is 5.63. The van der Waals surface area contributed by atoms with Crippen LogP contribution < -0.4 is 16.1 Å². The highest BCUT2D eigenvalue weighted by molar-refractivity contribution is 5.85. The molecule has 1 aromatic carbocycles. The van der Waals surface area contributed by atoms with E-state index in [0.29, 0.717) is 30.6 Å². The molecule has 8 heteroatoms. The van der Waals surface area contributed by atoms with Crippen LogP contribution in [0.1, 0.15) is 0 Å². The molecule has 0 saturated heterocycles. The number of carbonyl (C=O) groups is 1. The van der Waals surface area contributed by atoms with Crippen LogP contribution in [0, 0.1) is 0 Å². The van der Waals surface area contributed by atoms with Gasteiger partial charge in [0.1, 0.15) is 6.54 Å². The number of methoxy groups -OCH3 is 1. The molecule has 7 nitrogen and oxygen atoms in total. The number of hydrogen-bond acceptors (Lipinski definition) is 5. The first-order valence-corrected chi connectivity index (χ1v) is 7.13. The number of halogens is 1. The maximum Gasteiger partial charge on any atom is 0.241 e. The van der Waals surface area contributed by atoms with Crippen molar-refractivity contribution in [2.75, 3.05) is 33.4 Å². The zero-order valence-corrected chi connectivity index (χ0v) is 13.8. The smallest absolute Gasteiger partial charge is 0.241 e. The Labute approximate surface area is 140 Å². The molecule has 0 aliphatic heterocycles. The fraction of sp³-hybridized carbons (Fsp3) is 0.400. The number of para-hydroxylation sites is 1. The van der Waals surface area contributed by atoms with Crippen molar-refractivity contribution < 1.29 is 9.53 Å². The van der Waals surface area contributed by atoms with Crippen LogP contribution in [0.4, 0.5) is 0 Å². The van der Waals surface area contributed by atoms with Gasteiger partial charge in [-0.2, -0.15) is 5.10 Å². The molecule has 0 aliphatic rings. The highest BCUT2D eigenvalue weighted by atomic mass is 35.5. The van der Waals surface area contributed by atoms with E-state index in [2.05, 4.69) is 15.7 Å². The van der Waals surface area contributed by atoms with Crippen LogP contribution in [-0.4, -0.2) is 49.0 Å². The molecule has 2 rings (SSSR count). The third-order valence-electron chi connectivity index (χ3n) is 3.16. The van der Waals surface area contributed by atoms with Crippen molar-refractivity contribution in [3.63, 3.8) is 0 Å². The minimum atomic E-state index is -0.144. The Morgan fingerprint density at radius 3 is 2.83 bits per heavy atom. The van der Waals surface area contributed by atoms with Crippen molar-refractivity contribution in [3.8, 4) is 0 Å². The van der Waals surface area contributed by atoms with Crippen LogP contribution in [0.25, 0.3) is 10.9 Å². The quantitative estimate of drug-likeness (QED) is 0.669. The molecular formula is C15H21ClN4O3. The number of nitrogens with one attached hydrogen (secondary N) is 2. The zero-order chi connectivity index (χ0) is 15.8. The van der Waals surface area contributed by atoms with Gasteiger partial charge in [-0.1, -0.05) is 12.1 Å². The normalized spacial score (nSPS) is 10.3. The predicted octanol–water partition coefficient (Wildman–Crippen LogP) is 0.170. The summed E-state index contributed by atoms with van der Waals surface area (Å²) in [6, 6.07) is 7.12. The van der Waals surface area contributed by atoms with E-state index < -0.39 is 0 Å². The fourth-order valence-corrected chi connectivity index (χ4v) is 2.07. The number of ether oxygens (including phenoxy) is 1. The summed E-state index contributed by atoms with van der Waals surface area (Å²) in [5.41, 5.74) is 0.512. The molecule has 0 fully saturated rings. The highest BCUT2D eigenvalue weighted by Gasteiger charge is 2.07. The van der Waals surface area contributed by atoms with Gasteiger partial charge in [0.15, 0.2) is 0 Å². The van der Waals surface area contributed by atoms with Gasteiger partial charge >= 0.3 is 0 Å². The fourth-order valence-electron chi connectivity index (χ4n) is 2.07. The molecule has 1 aromatic heterocycles. The second kappa shape index (κ2) is 9.94. The Morgan fingerprint density at radius 1 is 1.26 bits per heavy atom. The Balaban J connectivity index is 0.00000264. The van der Waals surface area contributed by atoms with Gasteiger partial charge < -0.3 is 15.4 Å². The molecule has 0 unspecified atom stereocenters. The second-order valence-corrected chi connectivity index (χ2v) is 4.78. The van der Waals surface area contributed by atoms with E-state index in [1.54, 1.807) is 25.3 Å². The standard InChI is InChI=1S/C15H20N4O3.ClH/c1-22-9-8-16-6-7-17-15(21)11-19-13-5-3-2-4-12(13)14(20)10-18-19;/h2-5,10,16H,6-9,11H2,1H3,(H,17,21);1H. The van der Waals surface area contributed by atoms with Crippen molar-refractivity contribution in [1.29, 1.82) is 0 Å². The van der Waals surface area contributed by atoms with E-state index in [1.165, 1.54) is 10.9 Å². The topological polar surface area (TPSA) is 85.2 Å².